The van der Waals surface area contributed by atoms with Gasteiger partial charge in [0.05, 0.1) is 11.9 Å². The zero-order valence-electron chi connectivity index (χ0n) is 12.8. The van der Waals surface area contributed by atoms with Crippen LogP contribution in [0.25, 0.3) is 0 Å². The molecule has 0 saturated heterocycles. The third-order valence-electron chi connectivity index (χ3n) is 3.69. The van der Waals surface area contributed by atoms with E-state index in [2.05, 4.69) is 27.5 Å². The maximum absolute atomic E-state index is 12.3. The maximum atomic E-state index is 12.3. The highest BCUT2D eigenvalue weighted by atomic mass is 16.1. The average molecular weight is 276 g/mol. The first-order valence-corrected chi connectivity index (χ1v) is 7.34. The Bertz CT molecular complexity index is 495. The quantitative estimate of drug-likeness (QED) is 0.838. The summed E-state index contributed by atoms with van der Waals surface area (Å²) in [6.07, 6.45) is 4.09. The number of nitrogens with zero attached hydrogens (tertiary/aromatic N) is 2. The fourth-order valence-corrected chi connectivity index (χ4v) is 1.93. The van der Waals surface area contributed by atoms with Gasteiger partial charge in [0.2, 0.25) is 0 Å². The smallest absolute Gasteiger partial charge is 0.272 e. The van der Waals surface area contributed by atoms with Crippen molar-refractivity contribution >= 4 is 11.6 Å². The minimum Gasteiger partial charge on any atom is -0.382 e. The predicted octanol–water partition coefficient (Wildman–Crippen LogP) is 2.56. The summed E-state index contributed by atoms with van der Waals surface area (Å²) in [7, 11) is 0. The molecule has 5 heteroatoms. The zero-order chi connectivity index (χ0) is 14.8. The molecule has 2 N–H and O–H groups in total. The summed E-state index contributed by atoms with van der Waals surface area (Å²) in [5, 5.41) is 6.15. The molecular formula is C15H24N4O. The normalized spacial score (nSPS) is 16.1. The van der Waals surface area contributed by atoms with Crippen molar-refractivity contribution in [2.45, 2.75) is 46.5 Å². The summed E-state index contributed by atoms with van der Waals surface area (Å²) in [4.78, 5) is 21.1. The van der Waals surface area contributed by atoms with E-state index in [4.69, 9.17) is 0 Å². The van der Waals surface area contributed by atoms with Crippen molar-refractivity contribution in [3.05, 3.63) is 17.7 Å². The van der Waals surface area contributed by atoms with Crippen molar-refractivity contribution in [2.75, 3.05) is 18.4 Å². The highest BCUT2D eigenvalue weighted by Gasteiger charge is 2.37. The molecule has 1 aliphatic rings. The van der Waals surface area contributed by atoms with Crippen LogP contribution in [-0.2, 0) is 0 Å². The van der Waals surface area contributed by atoms with Crippen LogP contribution in [0.4, 0.5) is 5.69 Å². The number of anilines is 1. The van der Waals surface area contributed by atoms with Crippen LogP contribution >= 0.6 is 0 Å². The SMILES string of the molecule is CCNc1cnc(C(C)C)nc1C(=O)NCC1(C)CC1. The average Bonchev–Trinajstić information content (AvgIpc) is 3.15. The molecule has 1 aromatic heterocycles. The van der Waals surface area contributed by atoms with Crippen molar-refractivity contribution in [1.82, 2.24) is 15.3 Å². The molecule has 1 saturated carbocycles. The van der Waals surface area contributed by atoms with Crippen LogP contribution in [0.1, 0.15) is 62.8 Å². The molecule has 1 amide bonds. The Morgan fingerprint density at radius 1 is 1.45 bits per heavy atom. The second-order valence-electron chi connectivity index (χ2n) is 6.17. The van der Waals surface area contributed by atoms with E-state index in [0.29, 0.717) is 22.6 Å². The van der Waals surface area contributed by atoms with Crippen LogP contribution in [0.5, 0.6) is 0 Å². The van der Waals surface area contributed by atoms with Crippen LogP contribution in [0.2, 0.25) is 0 Å². The van der Waals surface area contributed by atoms with Crippen molar-refractivity contribution < 1.29 is 4.79 Å². The number of nitrogens with one attached hydrogen (secondary N) is 2. The van der Waals surface area contributed by atoms with Crippen molar-refractivity contribution in [3.63, 3.8) is 0 Å². The molecule has 5 nitrogen and oxygen atoms in total. The summed E-state index contributed by atoms with van der Waals surface area (Å²) in [6.45, 7) is 9.69. The number of rotatable bonds is 6. The summed E-state index contributed by atoms with van der Waals surface area (Å²) in [5.74, 6) is 0.797. The number of aromatic nitrogens is 2. The number of hydrogen-bond donors (Lipinski definition) is 2. The van der Waals surface area contributed by atoms with Gasteiger partial charge in [0.25, 0.3) is 5.91 Å². The van der Waals surface area contributed by atoms with Crippen LogP contribution in [0, 0.1) is 5.41 Å². The van der Waals surface area contributed by atoms with Gasteiger partial charge in [-0.2, -0.15) is 0 Å². The second kappa shape index (κ2) is 5.77. The molecule has 0 atom stereocenters. The van der Waals surface area contributed by atoms with Gasteiger partial charge in [-0.05, 0) is 25.2 Å². The lowest BCUT2D eigenvalue weighted by atomic mass is 10.1. The summed E-state index contributed by atoms with van der Waals surface area (Å²) < 4.78 is 0. The van der Waals surface area contributed by atoms with Gasteiger partial charge in [-0.15, -0.1) is 0 Å². The summed E-state index contributed by atoms with van der Waals surface area (Å²) >= 11 is 0. The molecule has 1 heterocycles. The molecular weight excluding hydrogens is 252 g/mol. The Kier molecular flexibility index (Phi) is 4.26. The van der Waals surface area contributed by atoms with Crippen molar-refractivity contribution in [3.8, 4) is 0 Å². The first kappa shape index (κ1) is 14.8. The molecule has 1 aromatic rings. The van der Waals surface area contributed by atoms with E-state index >= 15 is 0 Å². The standard InChI is InChI=1S/C15H24N4O/c1-5-16-11-8-17-13(10(2)3)19-12(11)14(20)18-9-15(4)6-7-15/h8,10,16H,5-7,9H2,1-4H3,(H,18,20). The first-order valence-electron chi connectivity index (χ1n) is 7.34. The Balaban J connectivity index is 2.16. The summed E-state index contributed by atoms with van der Waals surface area (Å²) in [6, 6.07) is 0. The fraction of sp³-hybridized carbons (Fsp3) is 0.667. The second-order valence-corrected chi connectivity index (χ2v) is 6.17. The molecule has 0 spiro atoms. The summed E-state index contributed by atoms with van der Waals surface area (Å²) in [5.41, 5.74) is 1.45. The number of carbonyl (C=O) groups is 1. The van der Waals surface area contributed by atoms with E-state index < -0.39 is 0 Å². The fourth-order valence-electron chi connectivity index (χ4n) is 1.93. The van der Waals surface area contributed by atoms with E-state index in [1.807, 2.05) is 20.8 Å². The Hall–Kier alpha value is -1.65. The molecule has 0 unspecified atom stereocenters. The zero-order valence-corrected chi connectivity index (χ0v) is 12.8. The monoisotopic (exact) mass is 276 g/mol. The molecule has 20 heavy (non-hydrogen) atoms. The molecule has 0 aliphatic heterocycles. The van der Waals surface area contributed by atoms with Crippen molar-refractivity contribution in [2.24, 2.45) is 5.41 Å². The molecule has 0 bridgehead atoms. The van der Waals surface area contributed by atoms with Gasteiger partial charge in [0, 0.05) is 19.0 Å². The van der Waals surface area contributed by atoms with Gasteiger partial charge in [0.1, 0.15) is 5.82 Å². The van der Waals surface area contributed by atoms with E-state index in [1.165, 1.54) is 12.8 Å². The van der Waals surface area contributed by atoms with E-state index in [1.54, 1.807) is 6.20 Å². The topological polar surface area (TPSA) is 66.9 Å². The lowest BCUT2D eigenvalue weighted by Crippen LogP contribution is -2.30. The number of amides is 1. The lowest BCUT2D eigenvalue weighted by molar-refractivity contribution is 0.0941. The van der Waals surface area contributed by atoms with E-state index in [9.17, 15) is 4.79 Å². The molecule has 0 radical (unpaired) electrons. The van der Waals surface area contributed by atoms with Gasteiger partial charge in [-0.3, -0.25) is 4.79 Å². The molecule has 1 fully saturated rings. The Morgan fingerprint density at radius 3 is 2.70 bits per heavy atom. The minimum absolute atomic E-state index is 0.113. The van der Waals surface area contributed by atoms with Crippen molar-refractivity contribution in [1.29, 1.82) is 0 Å². The number of hydrogen-bond acceptors (Lipinski definition) is 4. The highest BCUT2D eigenvalue weighted by Crippen LogP contribution is 2.44. The third kappa shape index (κ3) is 3.46. The predicted molar refractivity (Wildman–Crippen MR) is 80.0 cm³/mol. The van der Waals surface area contributed by atoms with Crippen LogP contribution < -0.4 is 10.6 Å². The molecule has 2 rings (SSSR count). The highest BCUT2D eigenvalue weighted by molar-refractivity contribution is 5.97. The van der Waals surface area contributed by atoms with Crippen LogP contribution in [0.3, 0.4) is 0 Å². The van der Waals surface area contributed by atoms with E-state index in [0.717, 1.165) is 13.1 Å². The van der Waals surface area contributed by atoms with Gasteiger partial charge in [0.15, 0.2) is 5.69 Å². The van der Waals surface area contributed by atoms with Crippen LogP contribution in [0.15, 0.2) is 6.20 Å². The lowest BCUT2D eigenvalue weighted by Gasteiger charge is -2.14. The molecule has 1 aliphatic carbocycles. The van der Waals surface area contributed by atoms with E-state index in [-0.39, 0.29) is 11.8 Å². The number of carbonyl (C=O) groups excluding carboxylic acids is 1. The van der Waals surface area contributed by atoms with Gasteiger partial charge >= 0.3 is 0 Å². The van der Waals surface area contributed by atoms with Crippen LogP contribution in [-0.4, -0.2) is 29.0 Å². The molecule has 0 aromatic carbocycles. The maximum Gasteiger partial charge on any atom is 0.272 e. The minimum atomic E-state index is -0.113. The van der Waals surface area contributed by atoms with Gasteiger partial charge in [-0.1, -0.05) is 20.8 Å². The molecule has 110 valence electrons. The Morgan fingerprint density at radius 2 is 2.15 bits per heavy atom. The van der Waals surface area contributed by atoms with Gasteiger partial charge < -0.3 is 10.6 Å². The Labute approximate surface area is 120 Å². The largest absolute Gasteiger partial charge is 0.382 e. The first-order chi connectivity index (χ1) is 9.45. The van der Waals surface area contributed by atoms with Gasteiger partial charge in [-0.25, -0.2) is 9.97 Å². The third-order valence-corrected chi connectivity index (χ3v) is 3.69.